The van der Waals surface area contributed by atoms with Crippen molar-refractivity contribution in [3.63, 3.8) is 0 Å². The van der Waals surface area contributed by atoms with Crippen molar-refractivity contribution in [2.24, 2.45) is 0 Å². The molecule has 0 aliphatic heterocycles. The van der Waals surface area contributed by atoms with Crippen LogP contribution in [0.25, 0.3) is 0 Å². The minimum absolute atomic E-state index is 0.156. The van der Waals surface area contributed by atoms with Gasteiger partial charge in [-0.25, -0.2) is 4.79 Å². The molecule has 0 saturated carbocycles. The molecule has 0 aliphatic carbocycles. The van der Waals surface area contributed by atoms with Crippen molar-refractivity contribution in [3.8, 4) is 5.75 Å². The van der Waals surface area contributed by atoms with Crippen molar-refractivity contribution in [3.05, 3.63) is 29.8 Å². The van der Waals surface area contributed by atoms with E-state index in [9.17, 15) is 9.90 Å². The number of benzene rings is 1. The van der Waals surface area contributed by atoms with Gasteiger partial charge in [-0.1, -0.05) is 18.2 Å². The van der Waals surface area contributed by atoms with Gasteiger partial charge in [0.05, 0.1) is 14.2 Å². The zero-order valence-electron chi connectivity index (χ0n) is 9.69. The predicted octanol–water partition coefficient (Wildman–Crippen LogP) is 1.16. The lowest BCUT2D eigenvalue weighted by Gasteiger charge is -2.21. The van der Waals surface area contributed by atoms with E-state index in [-0.39, 0.29) is 6.42 Å². The van der Waals surface area contributed by atoms with E-state index >= 15 is 0 Å². The largest absolute Gasteiger partial charge is 0.496 e. The summed E-state index contributed by atoms with van der Waals surface area (Å²) in [6, 6.07) is 7.24. The van der Waals surface area contributed by atoms with Crippen LogP contribution in [0.3, 0.4) is 0 Å². The molecule has 0 saturated heterocycles. The molecule has 0 radical (unpaired) electrons. The highest BCUT2D eigenvalue weighted by Crippen LogP contribution is 2.23. The van der Waals surface area contributed by atoms with Crippen LogP contribution < -0.4 is 4.74 Å². The molecule has 0 unspecified atom stereocenters. The van der Waals surface area contributed by atoms with Crippen molar-refractivity contribution in [2.45, 2.75) is 18.9 Å². The fourth-order valence-corrected chi connectivity index (χ4v) is 1.51. The topological polar surface area (TPSA) is 55.8 Å². The van der Waals surface area contributed by atoms with Gasteiger partial charge in [0.15, 0.2) is 5.60 Å². The Hall–Kier alpha value is -1.55. The molecule has 0 heterocycles. The summed E-state index contributed by atoms with van der Waals surface area (Å²) in [6.45, 7) is 1.42. The second-order valence-corrected chi connectivity index (χ2v) is 3.75. The maximum atomic E-state index is 11.3. The Bertz CT molecular complexity index is 371. The van der Waals surface area contributed by atoms with E-state index < -0.39 is 11.6 Å². The summed E-state index contributed by atoms with van der Waals surface area (Å²) in [5.74, 6) is -0.00918. The Kier molecular flexibility index (Phi) is 3.90. The van der Waals surface area contributed by atoms with Gasteiger partial charge in [-0.2, -0.15) is 0 Å². The number of hydrogen-bond donors (Lipinski definition) is 1. The predicted molar refractivity (Wildman–Crippen MR) is 59.3 cm³/mol. The van der Waals surface area contributed by atoms with E-state index in [1.54, 1.807) is 19.2 Å². The highest BCUT2D eigenvalue weighted by Gasteiger charge is 2.32. The molecule has 0 fully saturated rings. The molecular weight excluding hydrogens is 208 g/mol. The average molecular weight is 224 g/mol. The Morgan fingerprint density at radius 3 is 2.56 bits per heavy atom. The SMILES string of the molecule is COC(=O)[C@](C)(O)Cc1ccccc1OC. The monoisotopic (exact) mass is 224 g/mol. The van der Waals surface area contributed by atoms with Gasteiger partial charge in [-0.05, 0) is 18.6 Å². The van der Waals surface area contributed by atoms with Gasteiger partial charge in [0.1, 0.15) is 5.75 Å². The molecule has 1 aromatic carbocycles. The van der Waals surface area contributed by atoms with Gasteiger partial charge in [-0.3, -0.25) is 0 Å². The summed E-state index contributed by atoms with van der Waals surface area (Å²) in [5, 5.41) is 9.93. The minimum atomic E-state index is -1.54. The normalized spacial score (nSPS) is 14.0. The van der Waals surface area contributed by atoms with Crippen LogP contribution >= 0.6 is 0 Å². The fourth-order valence-electron chi connectivity index (χ4n) is 1.51. The van der Waals surface area contributed by atoms with Gasteiger partial charge in [0.2, 0.25) is 0 Å². The van der Waals surface area contributed by atoms with Crippen LogP contribution in [-0.2, 0) is 16.0 Å². The number of ether oxygens (including phenoxy) is 2. The minimum Gasteiger partial charge on any atom is -0.496 e. The molecule has 0 bridgehead atoms. The van der Waals surface area contributed by atoms with Crippen molar-refractivity contribution < 1.29 is 19.4 Å². The summed E-state index contributed by atoms with van der Waals surface area (Å²) in [6.07, 6.45) is 0.156. The van der Waals surface area contributed by atoms with Crippen LogP contribution in [0.2, 0.25) is 0 Å². The number of methoxy groups -OCH3 is 2. The third kappa shape index (κ3) is 2.73. The number of carbonyl (C=O) groups excluding carboxylic acids is 1. The molecule has 1 N–H and O–H groups in total. The lowest BCUT2D eigenvalue weighted by molar-refractivity contribution is -0.160. The first-order chi connectivity index (χ1) is 7.51. The number of aliphatic hydroxyl groups is 1. The smallest absolute Gasteiger partial charge is 0.337 e. The maximum absolute atomic E-state index is 11.3. The second-order valence-electron chi connectivity index (χ2n) is 3.75. The zero-order valence-corrected chi connectivity index (χ0v) is 9.69. The lowest BCUT2D eigenvalue weighted by atomic mass is 9.96. The summed E-state index contributed by atoms with van der Waals surface area (Å²) in [4.78, 5) is 11.3. The van der Waals surface area contributed by atoms with Gasteiger partial charge >= 0.3 is 5.97 Å². The summed E-state index contributed by atoms with van der Waals surface area (Å²) < 4.78 is 9.67. The van der Waals surface area contributed by atoms with Crippen LogP contribution in [-0.4, -0.2) is 30.9 Å². The first kappa shape index (κ1) is 12.5. The summed E-state index contributed by atoms with van der Waals surface area (Å²) >= 11 is 0. The number of hydrogen-bond acceptors (Lipinski definition) is 4. The Morgan fingerprint density at radius 2 is 2.00 bits per heavy atom. The van der Waals surface area contributed by atoms with Crippen molar-refractivity contribution in [2.75, 3.05) is 14.2 Å². The lowest BCUT2D eigenvalue weighted by Crippen LogP contribution is -2.38. The zero-order chi connectivity index (χ0) is 12.2. The molecule has 1 atom stereocenters. The molecule has 4 heteroatoms. The van der Waals surface area contributed by atoms with Crippen molar-refractivity contribution in [1.82, 2.24) is 0 Å². The highest BCUT2D eigenvalue weighted by molar-refractivity contribution is 5.79. The van der Waals surface area contributed by atoms with E-state index in [0.29, 0.717) is 5.75 Å². The number of rotatable bonds is 4. The third-order valence-electron chi connectivity index (χ3n) is 2.35. The van der Waals surface area contributed by atoms with E-state index in [4.69, 9.17) is 4.74 Å². The molecule has 16 heavy (non-hydrogen) atoms. The average Bonchev–Trinajstić information content (AvgIpc) is 2.28. The first-order valence-electron chi connectivity index (χ1n) is 4.94. The molecule has 0 aliphatic rings. The van der Waals surface area contributed by atoms with E-state index in [0.717, 1.165) is 5.56 Å². The number of carbonyl (C=O) groups is 1. The molecule has 1 rings (SSSR count). The Balaban J connectivity index is 2.91. The molecule has 0 aromatic heterocycles. The summed E-state index contributed by atoms with van der Waals surface area (Å²) in [5.41, 5.74) is -0.774. The van der Waals surface area contributed by atoms with Crippen molar-refractivity contribution >= 4 is 5.97 Å². The van der Waals surface area contributed by atoms with Crippen LogP contribution in [0.1, 0.15) is 12.5 Å². The Labute approximate surface area is 94.8 Å². The van der Waals surface area contributed by atoms with Gasteiger partial charge in [0, 0.05) is 6.42 Å². The van der Waals surface area contributed by atoms with E-state index in [1.807, 2.05) is 12.1 Å². The number of para-hydroxylation sites is 1. The first-order valence-corrected chi connectivity index (χ1v) is 4.94. The quantitative estimate of drug-likeness (QED) is 0.780. The maximum Gasteiger partial charge on any atom is 0.337 e. The van der Waals surface area contributed by atoms with Crippen LogP contribution in [0.15, 0.2) is 24.3 Å². The molecule has 0 spiro atoms. The molecule has 1 aromatic rings. The van der Waals surface area contributed by atoms with Gasteiger partial charge < -0.3 is 14.6 Å². The summed E-state index contributed by atoms with van der Waals surface area (Å²) in [7, 11) is 2.80. The second kappa shape index (κ2) is 4.99. The highest BCUT2D eigenvalue weighted by atomic mass is 16.5. The third-order valence-corrected chi connectivity index (χ3v) is 2.35. The fraction of sp³-hybridized carbons (Fsp3) is 0.417. The molecular formula is C12H16O4. The molecule has 0 amide bonds. The van der Waals surface area contributed by atoms with Gasteiger partial charge in [-0.15, -0.1) is 0 Å². The van der Waals surface area contributed by atoms with Crippen LogP contribution in [0.4, 0.5) is 0 Å². The standard InChI is InChI=1S/C12H16O4/c1-12(14,11(13)16-3)8-9-6-4-5-7-10(9)15-2/h4-7,14H,8H2,1-3H3/t12-/m1/s1. The number of esters is 1. The van der Waals surface area contributed by atoms with Crippen LogP contribution in [0, 0.1) is 0 Å². The van der Waals surface area contributed by atoms with Crippen LogP contribution in [0.5, 0.6) is 5.75 Å². The van der Waals surface area contributed by atoms with E-state index in [1.165, 1.54) is 14.0 Å². The van der Waals surface area contributed by atoms with Gasteiger partial charge in [0.25, 0.3) is 0 Å². The Morgan fingerprint density at radius 1 is 1.38 bits per heavy atom. The van der Waals surface area contributed by atoms with E-state index in [2.05, 4.69) is 4.74 Å². The molecule has 88 valence electrons. The molecule has 4 nitrogen and oxygen atoms in total. The van der Waals surface area contributed by atoms with Crippen molar-refractivity contribution in [1.29, 1.82) is 0 Å².